The topological polar surface area (TPSA) is 103 Å². The Hall–Kier alpha value is -3.66. The highest BCUT2D eigenvalue weighted by Gasteiger charge is 2.41. The smallest absolute Gasteiger partial charge is 0.255 e. The van der Waals surface area contributed by atoms with Gasteiger partial charge in [-0.1, -0.05) is 25.3 Å². The lowest BCUT2D eigenvalue weighted by atomic mass is 9.89. The molecule has 0 spiro atoms. The summed E-state index contributed by atoms with van der Waals surface area (Å²) in [7, 11) is 5.58. The van der Waals surface area contributed by atoms with Gasteiger partial charge in [-0.15, -0.1) is 0 Å². The first-order valence-electron chi connectivity index (χ1n) is 15.4. The van der Waals surface area contributed by atoms with E-state index in [0.29, 0.717) is 34.9 Å². The van der Waals surface area contributed by atoms with Crippen LogP contribution in [0.4, 0.5) is 23.1 Å². The van der Waals surface area contributed by atoms with Crippen molar-refractivity contribution in [3.63, 3.8) is 0 Å². The summed E-state index contributed by atoms with van der Waals surface area (Å²) < 4.78 is 5.66. The summed E-state index contributed by atoms with van der Waals surface area (Å²) in [6.45, 7) is 4.36. The highest BCUT2D eigenvalue weighted by Crippen LogP contribution is 2.41. The van der Waals surface area contributed by atoms with Crippen molar-refractivity contribution in [3.05, 3.63) is 41.7 Å². The molecule has 3 unspecified atom stereocenters. The van der Waals surface area contributed by atoms with E-state index in [1.54, 1.807) is 37.4 Å². The summed E-state index contributed by atoms with van der Waals surface area (Å²) in [5, 5.41) is 6.31. The third-order valence-electron chi connectivity index (χ3n) is 9.67. The molecule has 2 N–H and O–H groups in total. The zero-order valence-electron chi connectivity index (χ0n) is 25.2. The first-order chi connectivity index (χ1) is 20.4. The number of carbonyl (C=O) groups excluding carboxylic acids is 2. The van der Waals surface area contributed by atoms with Gasteiger partial charge in [-0.05, 0) is 82.2 Å². The molecule has 1 aromatic heterocycles. The molecule has 2 saturated carbocycles. The van der Waals surface area contributed by atoms with Gasteiger partial charge in [0.05, 0.1) is 19.0 Å². The average molecular weight is 574 g/mol. The first-order valence-corrected chi connectivity index (χ1v) is 15.4. The number of hydrogen-bond donors (Lipinski definition) is 2. The second-order valence-corrected chi connectivity index (χ2v) is 12.4. The van der Waals surface area contributed by atoms with Crippen LogP contribution in [-0.2, 0) is 4.79 Å². The SMILES string of the molecule is CCC1C(=O)N(C)c2cnc(Nc3ccc(C(=O)N/C=C4\CC5CCN(C)CC5C4)cc3OC)nc2N1C1CCCC1. The van der Waals surface area contributed by atoms with Gasteiger partial charge in [-0.25, -0.2) is 4.98 Å². The highest BCUT2D eigenvalue weighted by atomic mass is 16.5. The molecule has 3 fully saturated rings. The van der Waals surface area contributed by atoms with Gasteiger partial charge in [0.2, 0.25) is 11.9 Å². The fourth-order valence-corrected chi connectivity index (χ4v) is 7.39. The molecular formula is C32H43N7O3. The fraction of sp³-hybridized carbons (Fsp3) is 0.562. The minimum absolute atomic E-state index is 0.0891. The van der Waals surface area contributed by atoms with E-state index in [4.69, 9.17) is 9.72 Å². The van der Waals surface area contributed by atoms with Gasteiger partial charge in [0.25, 0.3) is 5.91 Å². The molecule has 2 aliphatic carbocycles. The highest BCUT2D eigenvalue weighted by molar-refractivity contribution is 6.04. The summed E-state index contributed by atoms with van der Waals surface area (Å²) in [6.07, 6.45) is 12.2. The number of nitrogens with one attached hydrogen (secondary N) is 2. The lowest BCUT2D eigenvalue weighted by Crippen LogP contribution is -2.55. The van der Waals surface area contributed by atoms with E-state index < -0.39 is 0 Å². The average Bonchev–Trinajstić information content (AvgIpc) is 3.67. The Kier molecular flexibility index (Phi) is 8.07. The van der Waals surface area contributed by atoms with Crippen molar-refractivity contribution in [2.75, 3.05) is 49.4 Å². The summed E-state index contributed by atoms with van der Waals surface area (Å²) in [5.74, 6) is 3.10. The number of likely N-dealkylation sites (N-methyl/N-ethyl adjacent to an activating group) is 1. The number of aromatic nitrogens is 2. The molecule has 3 atom stereocenters. The van der Waals surface area contributed by atoms with Crippen molar-refractivity contribution in [1.82, 2.24) is 20.2 Å². The number of hydrogen-bond acceptors (Lipinski definition) is 8. The number of methoxy groups -OCH3 is 1. The molecule has 2 amide bonds. The number of piperidine rings is 1. The predicted octanol–water partition coefficient (Wildman–Crippen LogP) is 4.71. The van der Waals surface area contributed by atoms with Crippen LogP contribution in [0, 0.1) is 11.8 Å². The molecule has 1 saturated heterocycles. The molecule has 1 aromatic carbocycles. The third-order valence-corrected chi connectivity index (χ3v) is 9.67. The van der Waals surface area contributed by atoms with Gasteiger partial charge >= 0.3 is 0 Å². The fourth-order valence-electron chi connectivity index (χ4n) is 7.39. The van der Waals surface area contributed by atoms with Gasteiger partial charge in [-0.2, -0.15) is 4.98 Å². The Balaban J connectivity index is 1.19. The van der Waals surface area contributed by atoms with E-state index in [1.807, 2.05) is 12.3 Å². The molecular weight excluding hydrogens is 530 g/mol. The number of benzene rings is 1. The normalized spacial score (nSPS) is 25.5. The van der Waals surface area contributed by atoms with Crippen LogP contribution in [0.5, 0.6) is 5.75 Å². The molecule has 0 radical (unpaired) electrons. The summed E-state index contributed by atoms with van der Waals surface area (Å²) in [4.78, 5) is 42.0. The predicted molar refractivity (Wildman–Crippen MR) is 164 cm³/mol. The number of carbonyl (C=O) groups is 2. The van der Waals surface area contributed by atoms with Crippen LogP contribution in [0.15, 0.2) is 36.2 Å². The number of nitrogens with zero attached hydrogens (tertiary/aromatic N) is 5. The molecule has 3 heterocycles. The molecule has 224 valence electrons. The van der Waals surface area contributed by atoms with E-state index in [9.17, 15) is 9.59 Å². The van der Waals surface area contributed by atoms with Gasteiger partial charge in [0.1, 0.15) is 17.5 Å². The van der Waals surface area contributed by atoms with Crippen LogP contribution in [0.1, 0.15) is 68.6 Å². The van der Waals surface area contributed by atoms with Crippen LogP contribution in [0.3, 0.4) is 0 Å². The minimum atomic E-state index is -0.231. The summed E-state index contributed by atoms with van der Waals surface area (Å²) >= 11 is 0. The zero-order valence-corrected chi connectivity index (χ0v) is 25.2. The molecule has 4 aliphatic rings. The lowest BCUT2D eigenvalue weighted by molar-refractivity contribution is -0.120. The van der Waals surface area contributed by atoms with Gasteiger partial charge in [0, 0.05) is 31.4 Å². The van der Waals surface area contributed by atoms with E-state index >= 15 is 0 Å². The number of allylic oxidation sites excluding steroid dienone is 1. The molecule has 2 aliphatic heterocycles. The van der Waals surface area contributed by atoms with Crippen LogP contribution in [0.25, 0.3) is 0 Å². The maximum atomic E-state index is 13.2. The van der Waals surface area contributed by atoms with Crippen molar-refractivity contribution >= 4 is 35.0 Å². The molecule has 10 heteroatoms. The van der Waals surface area contributed by atoms with Gasteiger partial charge < -0.3 is 30.1 Å². The van der Waals surface area contributed by atoms with Crippen molar-refractivity contribution in [1.29, 1.82) is 0 Å². The van der Waals surface area contributed by atoms with Crippen molar-refractivity contribution in [3.8, 4) is 5.75 Å². The van der Waals surface area contributed by atoms with Crippen LogP contribution < -0.4 is 25.2 Å². The van der Waals surface area contributed by atoms with Crippen molar-refractivity contribution < 1.29 is 14.3 Å². The van der Waals surface area contributed by atoms with Gasteiger partial charge in [0.15, 0.2) is 5.82 Å². The van der Waals surface area contributed by atoms with E-state index in [2.05, 4.69) is 39.4 Å². The maximum Gasteiger partial charge on any atom is 0.255 e. The number of rotatable bonds is 7. The number of ether oxygens (including phenoxy) is 1. The first kappa shape index (κ1) is 28.5. The standard InChI is InChI=1S/C32H43N7O3/c1-5-26-31(41)38(3)27-18-34-32(36-29(27)39(26)24-8-6-7-9-24)35-25-11-10-22(16-28(25)42-4)30(40)33-17-20-14-21-12-13-37(2)19-23(21)15-20/h10-11,16-18,21,23-24,26H,5-9,12-15,19H2,1-4H3,(H,33,40)(H,34,35,36)/b20-17+. The quantitative estimate of drug-likeness (QED) is 0.491. The number of likely N-dealkylation sites (tertiary alicyclic amines) is 1. The molecule has 42 heavy (non-hydrogen) atoms. The number of amides is 2. The monoisotopic (exact) mass is 573 g/mol. The lowest BCUT2D eigenvalue weighted by Gasteiger charge is -2.43. The van der Waals surface area contributed by atoms with Crippen molar-refractivity contribution in [2.45, 2.75) is 70.4 Å². The number of anilines is 4. The van der Waals surface area contributed by atoms with Gasteiger partial charge in [-0.3, -0.25) is 9.59 Å². The van der Waals surface area contributed by atoms with Crippen LogP contribution in [-0.4, -0.2) is 73.1 Å². The Bertz CT molecular complexity index is 1370. The molecule has 0 bridgehead atoms. The molecule has 10 nitrogen and oxygen atoms in total. The Morgan fingerprint density at radius 3 is 2.69 bits per heavy atom. The Morgan fingerprint density at radius 2 is 1.93 bits per heavy atom. The molecule has 2 aromatic rings. The van der Waals surface area contributed by atoms with Crippen LogP contribution >= 0.6 is 0 Å². The second-order valence-electron chi connectivity index (χ2n) is 12.4. The van der Waals surface area contributed by atoms with Crippen LogP contribution in [0.2, 0.25) is 0 Å². The van der Waals surface area contributed by atoms with Crippen molar-refractivity contribution in [2.24, 2.45) is 11.8 Å². The number of fused-ring (bicyclic) bond motifs is 2. The molecule has 6 rings (SSSR count). The Labute approximate surface area is 248 Å². The van der Waals surface area contributed by atoms with E-state index in [0.717, 1.165) is 62.6 Å². The second kappa shape index (κ2) is 11.9. The third kappa shape index (κ3) is 5.44. The Morgan fingerprint density at radius 1 is 1.14 bits per heavy atom. The van der Waals surface area contributed by atoms with E-state index in [-0.39, 0.29) is 17.9 Å². The largest absolute Gasteiger partial charge is 0.495 e. The van der Waals surface area contributed by atoms with E-state index in [1.165, 1.54) is 24.8 Å². The minimum Gasteiger partial charge on any atom is -0.495 e. The zero-order chi connectivity index (χ0) is 29.4. The summed E-state index contributed by atoms with van der Waals surface area (Å²) in [6, 6.07) is 5.41. The maximum absolute atomic E-state index is 13.2. The summed E-state index contributed by atoms with van der Waals surface area (Å²) in [5.41, 5.74) is 3.24.